The molecule has 0 aliphatic rings. The summed E-state index contributed by atoms with van der Waals surface area (Å²) in [5.74, 6) is 0. The molecule has 0 aromatic heterocycles. The lowest BCUT2D eigenvalue weighted by atomic mass is 9.87. The van der Waals surface area contributed by atoms with Crippen molar-refractivity contribution in [1.29, 1.82) is 0 Å². The van der Waals surface area contributed by atoms with Gasteiger partial charge in [-0.15, -0.1) is 0 Å². The molecule has 1 radical (unpaired) electrons. The molecule has 16 heavy (non-hydrogen) atoms. The third-order valence-corrected chi connectivity index (χ3v) is 7.74. The summed E-state index contributed by atoms with van der Waals surface area (Å²) in [6.07, 6.45) is 2.30. The van der Waals surface area contributed by atoms with E-state index in [1.165, 1.54) is 12.1 Å². The second-order valence-corrected chi connectivity index (χ2v) is 7.90. The second kappa shape index (κ2) is 8.23. The van der Waals surface area contributed by atoms with E-state index in [4.69, 9.17) is 0 Å². The summed E-state index contributed by atoms with van der Waals surface area (Å²) in [5, 5.41) is 28.3. The van der Waals surface area contributed by atoms with Gasteiger partial charge in [0.2, 0.25) is 0 Å². The monoisotopic (exact) mass is 247 g/mol. The van der Waals surface area contributed by atoms with Crippen LogP contribution in [0.15, 0.2) is 0 Å². The van der Waals surface area contributed by atoms with Crippen LogP contribution < -0.4 is 0 Å². The minimum Gasteiger partial charge on any atom is -0.396 e. The van der Waals surface area contributed by atoms with Gasteiger partial charge in [0.15, 0.2) is 0 Å². The molecule has 97 valence electrons. The Kier molecular flexibility index (Phi) is 8.28. The fourth-order valence-electron chi connectivity index (χ4n) is 2.19. The highest BCUT2D eigenvalue weighted by Crippen LogP contribution is 2.37. The number of aliphatic hydroxyl groups is 3. The van der Waals surface area contributed by atoms with Crippen LogP contribution in [-0.4, -0.2) is 43.9 Å². The predicted molar refractivity (Wildman–Crippen MR) is 69.1 cm³/mol. The lowest BCUT2D eigenvalue weighted by Gasteiger charge is -2.38. The highest BCUT2D eigenvalue weighted by atomic mass is 28.3. The van der Waals surface area contributed by atoms with E-state index in [1.54, 1.807) is 0 Å². The molecule has 0 aliphatic heterocycles. The molecule has 0 spiro atoms. The molecular formula is C12H27O3Si. The second-order valence-electron chi connectivity index (χ2n) is 4.72. The van der Waals surface area contributed by atoms with Crippen molar-refractivity contribution < 1.29 is 15.3 Å². The van der Waals surface area contributed by atoms with Crippen LogP contribution in [0.1, 0.15) is 33.6 Å². The highest BCUT2D eigenvalue weighted by molar-refractivity contribution is 6.60. The molecule has 0 fully saturated rings. The van der Waals surface area contributed by atoms with E-state index in [-0.39, 0.29) is 25.4 Å². The zero-order valence-corrected chi connectivity index (χ0v) is 11.9. The number of rotatable bonds is 9. The largest absolute Gasteiger partial charge is 0.396 e. The summed E-state index contributed by atoms with van der Waals surface area (Å²) >= 11 is 0. The maximum absolute atomic E-state index is 9.43. The molecule has 1 atom stereocenters. The molecule has 0 aliphatic carbocycles. The van der Waals surface area contributed by atoms with Gasteiger partial charge in [-0.2, -0.15) is 0 Å². The van der Waals surface area contributed by atoms with E-state index in [9.17, 15) is 15.3 Å². The van der Waals surface area contributed by atoms with Crippen molar-refractivity contribution in [2.24, 2.45) is 5.41 Å². The third kappa shape index (κ3) is 3.84. The first-order valence-corrected chi connectivity index (χ1v) is 8.28. The van der Waals surface area contributed by atoms with Crippen LogP contribution in [0.3, 0.4) is 0 Å². The standard InChI is InChI=1S/C12H27O3Si/c1-4-6-16(7-5-2)11(3)12(8-13,9-14)10-15/h11,13-15H,4-10H2,1-3H3. The molecule has 1 unspecified atom stereocenters. The molecule has 0 saturated carbocycles. The van der Waals surface area contributed by atoms with E-state index >= 15 is 0 Å². The normalized spacial score (nSPS) is 14.4. The Hall–Kier alpha value is 0.0969. The van der Waals surface area contributed by atoms with E-state index in [0.29, 0.717) is 0 Å². The van der Waals surface area contributed by atoms with Crippen molar-refractivity contribution in [2.75, 3.05) is 19.8 Å². The van der Waals surface area contributed by atoms with Crippen LogP contribution in [0.5, 0.6) is 0 Å². The Bertz CT molecular complexity index is 157. The Morgan fingerprint density at radius 1 is 0.938 bits per heavy atom. The molecule has 0 aromatic rings. The van der Waals surface area contributed by atoms with Crippen molar-refractivity contribution in [3.63, 3.8) is 0 Å². The van der Waals surface area contributed by atoms with Gasteiger partial charge in [0.1, 0.15) is 0 Å². The minimum atomic E-state index is -0.682. The Morgan fingerprint density at radius 2 is 1.31 bits per heavy atom. The first-order valence-electron chi connectivity index (χ1n) is 6.29. The number of hydrogen-bond donors (Lipinski definition) is 3. The van der Waals surface area contributed by atoms with Crippen LogP contribution >= 0.6 is 0 Å². The van der Waals surface area contributed by atoms with Crippen LogP contribution in [0.2, 0.25) is 17.6 Å². The van der Waals surface area contributed by atoms with Crippen molar-refractivity contribution in [2.45, 2.75) is 51.2 Å². The molecule has 3 N–H and O–H groups in total. The molecular weight excluding hydrogens is 220 g/mol. The average molecular weight is 247 g/mol. The molecule has 0 aromatic carbocycles. The Morgan fingerprint density at radius 3 is 1.56 bits per heavy atom. The Balaban J connectivity index is 4.70. The molecule has 4 heteroatoms. The summed E-state index contributed by atoms with van der Waals surface area (Å²) < 4.78 is 0. The summed E-state index contributed by atoms with van der Waals surface area (Å²) in [7, 11) is -0.597. The van der Waals surface area contributed by atoms with E-state index in [1.807, 2.05) is 0 Å². The quantitative estimate of drug-likeness (QED) is 0.543. The summed E-state index contributed by atoms with van der Waals surface area (Å²) in [6, 6.07) is 2.39. The van der Waals surface area contributed by atoms with E-state index in [2.05, 4.69) is 20.8 Å². The van der Waals surface area contributed by atoms with Gasteiger partial charge in [-0.3, -0.25) is 0 Å². The predicted octanol–water partition coefficient (Wildman–Crippen LogP) is 1.65. The number of aliphatic hydroxyl groups excluding tert-OH is 3. The minimum absolute atomic E-state index is 0.122. The first kappa shape index (κ1) is 16.1. The molecule has 3 nitrogen and oxygen atoms in total. The molecule has 0 saturated heterocycles. The average Bonchev–Trinajstić information content (AvgIpc) is 2.31. The van der Waals surface area contributed by atoms with Crippen molar-refractivity contribution in [3.8, 4) is 0 Å². The first-order chi connectivity index (χ1) is 7.61. The van der Waals surface area contributed by atoms with Crippen molar-refractivity contribution in [1.82, 2.24) is 0 Å². The fourth-order valence-corrected chi connectivity index (χ4v) is 5.73. The van der Waals surface area contributed by atoms with E-state index < -0.39 is 14.2 Å². The highest BCUT2D eigenvalue weighted by Gasteiger charge is 2.38. The summed E-state index contributed by atoms with van der Waals surface area (Å²) in [6.45, 7) is 6.06. The van der Waals surface area contributed by atoms with Gasteiger partial charge >= 0.3 is 0 Å². The maximum Gasteiger partial charge on any atom is 0.0531 e. The fraction of sp³-hybridized carbons (Fsp3) is 1.00. The van der Waals surface area contributed by atoms with Gasteiger partial charge in [0, 0.05) is 5.41 Å². The molecule has 0 rings (SSSR count). The van der Waals surface area contributed by atoms with Crippen LogP contribution in [-0.2, 0) is 0 Å². The molecule has 0 bridgehead atoms. The summed E-state index contributed by atoms with van der Waals surface area (Å²) in [5.41, 5.74) is -0.434. The number of hydrogen-bond acceptors (Lipinski definition) is 3. The lowest BCUT2D eigenvalue weighted by Crippen LogP contribution is -2.43. The van der Waals surface area contributed by atoms with Gasteiger partial charge in [0.25, 0.3) is 0 Å². The van der Waals surface area contributed by atoms with Gasteiger partial charge in [-0.1, -0.05) is 45.7 Å². The van der Waals surface area contributed by atoms with Crippen molar-refractivity contribution in [3.05, 3.63) is 0 Å². The van der Waals surface area contributed by atoms with Crippen LogP contribution in [0, 0.1) is 5.41 Å². The zero-order chi connectivity index (χ0) is 12.6. The van der Waals surface area contributed by atoms with Crippen LogP contribution in [0.25, 0.3) is 0 Å². The molecule has 0 amide bonds. The smallest absolute Gasteiger partial charge is 0.0531 e. The third-order valence-electron chi connectivity index (χ3n) is 3.62. The zero-order valence-electron chi connectivity index (χ0n) is 10.9. The van der Waals surface area contributed by atoms with Gasteiger partial charge in [0.05, 0.1) is 28.6 Å². The Labute approximate surface area is 101 Å². The van der Waals surface area contributed by atoms with Crippen molar-refractivity contribution >= 4 is 8.80 Å². The maximum atomic E-state index is 9.43. The topological polar surface area (TPSA) is 60.7 Å². The molecule has 0 heterocycles. The van der Waals surface area contributed by atoms with Gasteiger partial charge in [-0.25, -0.2) is 0 Å². The van der Waals surface area contributed by atoms with Crippen LogP contribution in [0.4, 0.5) is 0 Å². The summed E-state index contributed by atoms with van der Waals surface area (Å²) in [4.78, 5) is 0. The van der Waals surface area contributed by atoms with E-state index in [0.717, 1.165) is 12.8 Å². The van der Waals surface area contributed by atoms with Gasteiger partial charge in [-0.05, 0) is 5.54 Å². The van der Waals surface area contributed by atoms with Gasteiger partial charge < -0.3 is 15.3 Å². The lowest BCUT2D eigenvalue weighted by molar-refractivity contribution is 0.00225. The SMILES string of the molecule is CCC[Si](CCC)C(C)C(CO)(CO)CO.